The van der Waals surface area contributed by atoms with Crippen LogP contribution in [0.25, 0.3) is 0 Å². The van der Waals surface area contributed by atoms with Crippen LogP contribution in [0.4, 0.5) is 9.18 Å². The largest absolute Gasteiger partial charge is 0.444 e. The predicted molar refractivity (Wildman–Crippen MR) is 90.6 cm³/mol. The number of rotatable bonds is 7. The fraction of sp³-hybridized carbons (Fsp3) is 0.471. The minimum Gasteiger partial charge on any atom is -0.444 e. The molecular weight excluding hydrogens is 329 g/mol. The Morgan fingerprint density at radius 1 is 1.00 bits per heavy atom. The number of amides is 3. The van der Waals surface area contributed by atoms with Gasteiger partial charge in [0.1, 0.15) is 11.4 Å². The molecule has 0 aliphatic carbocycles. The summed E-state index contributed by atoms with van der Waals surface area (Å²) >= 11 is 0. The molecular formula is C17H24FN3O4. The van der Waals surface area contributed by atoms with Gasteiger partial charge in [0, 0.05) is 26.1 Å². The Hall–Kier alpha value is -2.64. The Bertz CT molecular complexity index is 614. The molecule has 1 aromatic rings. The van der Waals surface area contributed by atoms with Crippen molar-refractivity contribution < 1.29 is 23.5 Å². The summed E-state index contributed by atoms with van der Waals surface area (Å²) in [7, 11) is 0. The SMILES string of the molecule is CC(C)(C)OC(=O)NCCC(=O)NCCNC(=O)c1ccccc1F. The number of ether oxygens (including phenoxy) is 1. The molecule has 0 aliphatic rings. The van der Waals surface area contributed by atoms with Crippen LogP contribution in [0.2, 0.25) is 0 Å². The second kappa shape index (κ2) is 9.61. The lowest BCUT2D eigenvalue weighted by atomic mass is 10.2. The number of nitrogens with one attached hydrogen (secondary N) is 3. The van der Waals surface area contributed by atoms with Gasteiger partial charge in [-0.25, -0.2) is 9.18 Å². The second-order valence-electron chi connectivity index (χ2n) is 6.26. The van der Waals surface area contributed by atoms with Gasteiger partial charge >= 0.3 is 6.09 Å². The Kier molecular flexibility index (Phi) is 7.84. The molecule has 0 bridgehead atoms. The van der Waals surface area contributed by atoms with Crippen LogP contribution in [0.5, 0.6) is 0 Å². The average Bonchev–Trinajstić information content (AvgIpc) is 2.50. The first-order chi connectivity index (χ1) is 11.7. The van der Waals surface area contributed by atoms with E-state index in [0.29, 0.717) is 0 Å². The molecule has 3 N–H and O–H groups in total. The van der Waals surface area contributed by atoms with Crippen molar-refractivity contribution in [3.8, 4) is 0 Å². The van der Waals surface area contributed by atoms with Crippen LogP contribution in [0, 0.1) is 5.82 Å². The summed E-state index contributed by atoms with van der Waals surface area (Å²) in [5.41, 5.74) is -0.640. The van der Waals surface area contributed by atoms with Gasteiger partial charge in [-0.3, -0.25) is 9.59 Å². The molecule has 8 heteroatoms. The van der Waals surface area contributed by atoms with Crippen molar-refractivity contribution in [1.29, 1.82) is 0 Å². The Morgan fingerprint density at radius 2 is 1.64 bits per heavy atom. The first-order valence-corrected chi connectivity index (χ1v) is 7.95. The van der Waals surface area contributed by atoms with E-state index in [1.807, 2.05) is 0 Å². The van der Waals surface area contributed by atoms with Gasteiger partial charge in [-0.05, 0) is 32.9 Å². The van der Waals surface area contributed by atoms with Crippen molar-refractivity contribution in [2.24, 2.45) is 0 Å². The number of benzene rings is 1. The lowest BCUT2D eigenvalue weighted by Gasteiger charge is -2.19. The van der Waals surface area contributed by atoms with Crippen molar-refractivity contribution in [2.45, 2.75) is 32.8 Å². The van der Waals surface area contributed by atoms with E-state index in [1.54, 1.807) is 26.8 Å². The highest BCUT2D eigenvalue weighted by molar-refractivity contribution is 5.94. The maximum atomic E-state index is 13.4. The number of carbonyl (C=O) groups is 3. The number of hydrogen-bond donors (Lipinski definition) is 3. The van der Waals surface area contributed by atoms with Crippen LogP contribution in [0.3, 0.4) is 0 Å². The molecule has 0 spiro atoms. The molecule has 7 nitrogen and oxygen atoms in total. The molecule has 0 radical (unpaired) electrons. The minimum absolute atomic E-state index is 0.0459. The molecule has 1 rings (SSSR count). The van der Waals surface area contributed by atoms with Gasteiger partial charge in [0.25, 0.3) is 5.91 Å². The molecule has 0 fully saturated rings. The van der Waals surface area contributed by atoms with Gasteiger partial charge < -0.3 is 20.7 Å². The van der Waals surface area contributed by atoms with E-state index in [0.717, 1.165) is 0 Å². The van der Waals surface area contributed by atoms with E-state index in [4.69, 9.17) is 4.74 Å². The van der Waals surface area contributed by atoms with E-state index < -0.39 is 23.4 Å². The summed E-state index contributed by atoms with van der Waals surface area (Å²) < 4.78 is 18.4. The molecule has 0 atom stereocenters. The van der Waals surface area contributed by atoms with Crippen LogP contribution in [-0.2, 0) is 9.53 Å². The Balaban J connectivity index is 2.16. The van der Waals surface area contributed by atoms with E-state index >= 15 is 0 Å². The molecule has 0 unspecified atom stereocenters. The van der Waals surface area contributed by atoms with Crippen molar-refractivity contribution in [3.63, 3.8) is 0 Å². The van der Waals surface area contributed by atoms with Crippen LogP contribution >= 0.6 is 0 Å². The zero-order chi connectivity index (χ0) is 18.9. The third kappa shape index (κ3) is 8.69. The lowest BCUT2D eigenvalue weighted by molar-refractivity contribution is -0.120. The predicted octanol–water partition coefficient (Wildman–Crippen LogP) is 1.59. The smallest absolute Gasteiger partial charge is 0.407 e. The summed E-state index contributed by atoms with van der Waals surface area (Å²) in [6, 6.07) is 5.65. The highest BCUT2D eigenvalue weighted by Gasteiger charge is 2.15. The second-order valence-corrected chi connectivity index (χ2v) is 6.26. The fourth-order valence-corrected chi connectivity index (χ4v) is 1.80. The summed E-state index contributed by atoms with van der Waals surface area (Å²) in [6.07, 6.45) is -0.502. The van der Waals surface area contributed by atoms with E-state index in [-0.39, 0.29) is 37.5 Å². The van der Waals surface area contributed by atoms with Gasteiger partial charge in [-0.15, -0.1) is 0 Å². The standard InChI is InChI=1S/C17H24FN3O4/c1-17(2,3)25-16(24)21-9-8-14(22)19-10-11-20-15(23)12-6-4-5-7-13(12)18/h4-7H,8-11H2,1-3H3,(H,19,22)(H,20,23)(H,21,24). The minimum atomic E-state index is -0.600. The van der Waals surface area contributed by atoms with Gasteiger partial charge in [-0.2, -0.15) is 0 Å². The van der Waals surface area contributed by atoms with Crippen molar-refractivity contribution in [3.05, 3.63) is 35.6 Å². The zero-order valence-corrected chi connectivity index (χ0v) is 14.6. The summed E-state index contributed by atoms with van der Waals surface area (Å²) in [4.78, 5) is 34.7. The number of alkyl carbamates (subject to hydrolysis) is 1. The van der Waals surface area contributed by atoms with Gasteiger partial charge in [0.2, 0.25) is 5.91 Å². The topological polar surface area (TPSA) is 96.5 Å². The fourth-order valence-electron chi connectivity index (χ4n) is 1.80. The molecule has 0 aromatic heterocycles. The number of hydrogen-bond acceptors (Lipinski definition) is 4. The quantitative estimate of drug-likeness (QED) is 0.649. The molecule has 0 saturated carbocycles. The van der Waals surface area contributed by atoms with Crippen LogP contribution in [-0.4, -0.2) is 43.1 Å². The maximum Gasteiger partial charge on any atom is 0.407 e. The third-order valence-corrected chi connectivity index (χ3v) is 2.87. The zero-order valence-electron chi connectivity index (χ0n) is 14.6. The number of halogens is 1. The highest BCUT2D eigenvalue weighted by Crippen LogP contribution is 2.06. The maximum absolute atomic E-state index is 13.4. The van der Waals surface area contributed by atoms with Crippen LogP contribution < -0.4 is 16.0 Å². The van der Waals surface area contributed by atoms with E-state index in [9.17, 15) is 18.8 Å². The lowest BCUT2D eigenvalue weighted by Crippen LogP contribution is -2.37. The van der Waals surface area contributed by atoms with Gasteiger partial charge in [-0.1, -0.05) is 12.1 Å². The van der Waals surface area contributed by atoms with Crippen molar-refractivity contribution >= 4 is 17.9 Å². The van der Waals surface area contributed by atoms with Crippen LogP contribution in [0.15, 0.2) is 24.3 Å². The highest BCUT2D eigenvalue weighted by atomic mass is 19.1. The first kappa shape index (κ1) is 20.4. The van der Waals surface area contributed by atoms with E-state index in [2.05, 4.69) is 16.0 Å². The molecule has 1 aromatic carbocycles. The summed E-state index contributed by atoms with van der Waals surface area (Å²) in [5, 5.41) is 7.57. The third-order valence-electron chi connectivity index (χ3n) is 2.87. The van der Waals surface area contributed by atoms with Crippen molar-refractivity contribution in [1.82, 2.24) is 16.0 Å². The molecule has 138 valence electrons. The van der Waals surface area contributed by atoms with E-state index in [1.165, 1.54) is 18.2 Å². The first-order valence-electron chi connectivity index (χ1n) is 7.95. The normalized spacial score (nSPS) is 10.7. The molecule has 0 aliphatic heterocycles. The monoisotopic (exact) mass is 353 g/mol. The van der Waals surface area contributed by atoms with Crippen LogP contribution in [0.1, 0.15) is 37.6 Å². The molecule has 3 amide bonds. The molecule has 0 heterocycles. The molecule has 0 saturated heterocycles. The average molecular weight is 353 g/mol. The van der Waals surface area contributed by atoms with Gasteiger partial charge in [0.15, 0.2) is 0 Å². The molecule has 25 heavy (non-hydrogen) atoms. The Morgan fingerprint density at radius 3 is 2.28 bits per heavy atom. The number of carbonyl (C=O) groups excluding carboxylic acids is 3. The van der Waals surface area contributed by atoms with Crippen molar-refractivity contribution in [2.75, 3.05) is 19.6 Å². The summed E-state index contributed by atoms with van der Waals surface area (Å²) in [6.45, 7) is 5.74. The Labute approximate surface area is 146 Å². The summed E-state index contributed by atoms with van der Waals surface area (Å²) in [5.74, 6) is -1.42. The van der Waals surface area contributed by atoms with Gasteiger partial charge in [0.05, 0.1) is 5.56 Å².